The number of carbonyl (C=O) groups is 2. The molecule has 1 aromatic heterocycles. The number of nitrogens with zero attached hydrogens (tertiary/aromatic N) is 1. The van der Waals surface area contributed by atoms with Gasteiger partial charge in [0.2, 0.25) is 0 Å². The molecule has 196 valence electrons. The van der Waals surface area contributed by atoms with E-state index < -0.39 is 53.6 Å². The number of hydrogen-bond donors (Lipinski definition) is 4. The number of urea groups is 1. The molecule has 0 aliphatic heterocycles. The Morgan fingerprint density at radius 2 is 1.78 bits per heavy atom. The molecule has 0 spiro atoms. The summed E-state index contributed by atoms with van der Waals surface area (Å²) < 4.78 is 48.3. The van der Waals surface area contributed by atoms with Crippen molar-refractivity contribution in [2.75, 3.05) is 12.4 Å². The number of aryl methyl sites for hydroxylation is 1. The second-order valence-corrected chi connectivity index (χ2v) is 7.81. The number of aromatic nitrogens is 1. The van der Waals surface area contributed by atoms with Gasteiger partial charge in [0.05, 0.1) is 19.6 Å². The van der Waals surface area contributed by atoms with E-state index in [-0.39, 0.29) is 11.3 Å². The second-order valence-electron chi connectivity index (χ2n) is 7.81. The summed E-state index contributed by atoms with van der Waals surface area (Å²) in [6.45, 7) is 0. The number of nitrogens with one attached hydrogen (secondary N) is 2. The lowest BCUT2D eigenvalue weighted by molar-refractivity contribution is -0.274. The molecule has 3 rings (SSSR count). The van der Waals surface area contributed by atoms with Crippen LogP contribution < -0.4 is 25.7 Å². The molecule has 0 radical (unpaired) electrons. The number of carboxylic acids is 1. The predicted octanol–water partition coefficient (Wildman–Crippen LogP) is 4.00. The smallest absolute Gasteiger partial charge is 0.505 e. The molecule has 1 atom stereocenters. The van der Waals surface area contributed by atoms with Crippen LogP contribution in [0.5, 0.6) is 17.2 Å². The first-order valence-corrected chi connectivity index (χ1v) is 10.6. The third kappa shape index (κ3) is 7.16. The third-order valence-electron chi connectivity index (χ3n) is 5.14. The average molecular weight is 521 g/mol. The van der Waals surface area contributed by atoms with Gasteiger partial charge in [0.1, 0.15) is 17.2 Å². The Kier molecular flexibility index (Phi) is 7.95. The number of halogens is 3. The van der Waals surface area contributed by atoms with Gasteiger partial charge in [0, 0.05) is 13.2 Å². The molecule has 37 heavy (non-hydrogen) atoms. The van der Waals surface area contributed by atoms with Crippen LogP contribution in [0.4, 0.5) is 23.7 Å². The van der Waals surface area contributed by atoms with Crippen LogP contribution in [-0.2, 0) is 11.8 Å². The van der Waals surface area contributed by atoms with Gasteiger partial charge in [0.25, 0.3) is 5.56 Å². The summed E-state index contributed by atoms with van der Waals surface area (Å²) in [7, 11) is 2.75. The lowest BCUT2D eigenvalue weighted by Crippen LogP contribution is -2.36. The standard InChI is InChI=1S/C24H22F3N3O7/c1-30-7-6-19(31)21(22(30)34)29-23(35)28-18(12-20(32)33)15-8-14(10-17(11-15)36-2)13-4-3-5-16(9-13)37-24(25,26)27/h3-11,18,31H,12H2,1-2H3,(H,32,33)(H2,28,29,35)/t18-/m0/s1. The zero-order valence-electron chi connectivity index (χ0n) is 19.5. The average Bonchev–Trinajstić information content (AvgIpc) is 2.82. The van der Waals surface area contributed by atoms with E-state index in [4.69, 9.17) is 4.74 Å². The Bertz CT molecular complexity index is 1370. The highest BCUT2D eigenvalue weighted by atomic mass is 19.4. The number of aliphatic carboxylic acids is 1. The molecule has 1 heterocycles. The maximum absolute atomic E-state index is 12.7. The number of carbonyl (C=O) groups excluding carboxylic acids is 1. The fraction of sp³-hybridized carbons (Fsp3) is 0.208. The normalized spacial score (nSPS) is 11.9. The number of rotatable bonds is 8. The van der Waals surface area contributed by atoms with Gasteiger partial charge >= 0.3 is 18.4 Å². The van der Waals surface area contributed by atoms with Gasteiger partial charge in [-0.1, -0.05) is 12.1 Å². The third-order valence-corrected chi connectivity index (χ3v) is 5.14. The van der Waals surface area contributed by atoms with E-state index in [1.54, 1.807) is 0 Å². The Labute approximate surface area is 207 Å². The topological polar surface area (TPSA) is 139 Å². The van der Waals surface area contributed by atoms with Gasteiger partial charge in [-0.05, 0) is 53.1 Å². The summed E-state index contributed by atoms with van der Waals surface area (Å²) in [5.74, 6) is -1.98. The molecular formula is C24H22F3N3O7. The minimum Gasteiger partial charge on any atom is -0.505 e. The number of amides is 2. The maximum Gasteiger partial charge on any atom is 0.573 e. The predicted molar refractivity (Wildman–Crippen MR) is 126 cm³/mol. The van der Waals surface area contributed by atoms with Crippen molar-refractivity contribution in [1.82, 2.24) is 9.88 Å². The number of methoxy groups -OCH3 is 1. The highest BCUT2D eigenvalue weighted by Crippen LogP contribution is 2.33. The maximum atomic E-state index is 12.7. The molecule has 0 bridgehead atoms. The van der Waals surface area contributed by atoms with Gasteiger partial charge in [-0.2, -0.15) is 0 Å². The molecule has 0 saturated carbocycles. The van der Waals surface area contributed by atoms with E-state index in [0.717, 1.165) is 16.7 Å². The summed E-state index contributed by atoms with van der Waals surface area (Å²) in [6.07, 6.45) is -4.19. The van der Waals surface area contributed by atoms with Crippen molar-refractivity contribution >= 4 is 17.7 Å². The Hall–Kier alpha value is -4.68. The number of anilines is 1. The van der Waals surface area contributed by atoms with Crippen LogP contribution in [0.15, 0.2) is 59.5 Å². The Morgan fingerprint density at radius 1 is 1.08 bits per heavy atom. The number of aromatic hydroxyl groups is 1. The summed E-state index contributed by atoms with van der Waals surface area (Å²) in [4.78, 5) is 36.4. The molecule has 10 nitrogen and oxygen atoms in total. The molecule has 13 heteroatoms. The van der Waals surface area contributed by atoms with Gasteiger partial charge in [-0.15, -0.1) is 13.2 Å². The number of carboxylic acid groups (broad SMARTS) is 1. The first-order chi connectivity index (χ1) is 17.4. The lowest BCUT2D eigenvalue weighted by Gasteiger charge is -2.20. The quantitative estimate of drug-likeness (QED) is 0.351. The molecular weight excluding hydrogens is 499 g/mol. The largest absolute Gasteiger partial charge is 0.573 e. The fourth-order valence-electron chi connectivity index (χ4n) is 3.45. The summed E-state index contributed by atoms with van der Waals surface area (Å²) >= 11 is 0. The van der Waals surface area contributed by atoms with E-state index in [9.17, 15) is 37.8 Å². The number of benzene rings is 2. The summed E-state index contributed by atoms with van der Waals surface area (Å²) in [5, 5.41) is 24.0. The van der Waals surface area contributed by atoms with Crippen molar-refractivity contribution in [3.8, 4) is 28.4 Å². The molecule has 0 unspecified atom stereocenters. The van der Waals surface area contributed by atoms with Gasteiger partial charge < -0.3 is 34.9 Å². The van der Waals surface area contributed by atoms with Crippen LogP contribution >= 0.6 is 0 Å². The highest BCUT2D eigenvalue weighted by molar-refractivity contribution is 5.91. The van der Waals surface area contributed by atoms with E-state index in [2.05, 4.69) is 15.4 Å². The number of pyridine rings is 1. The summed E-state index contributed by atoms with van der Waals surface area (Å²) in [5.41, 5.74) is -0.203. The zero-order chi connectivity index (χ0) is 27.3. The molecule has 3 aromatic rings. The summed E-state index contributed by atoms with van der Waals surface area (Å²) in [6, 6.07) is 8.63. The van der Waals surface area contributed by atoms with E-state index in [0.29, 0.717) is 11.1 Å². The first kappa shape index (κ1) is 26.9. The van der Waals surface area contributed by atoms with Crippen LogP contribution in [0.3, 0.4) is 0 Å². The molecule has 0 aliphatic carbocycles. The monoisotopic (exact) mass is 521 g/mol. The Balaban J connectivity index is 1.96. The van der Waals surface area contributed by atoms with Crippen molar-refractivity contribution in [1.29, 1.82) is 0 Å². The van der Waals surface area contributed by atoms with Crippen LogP contribution in [0.1, 0.15) is 18.0 Å². The number of alkyl halides is 3. The minimum absolute atomic E-state index is 0.238. The lowest BCUT2D eigenvalue weighted by atomic mass is 9.97. The number of hydrogen-bond acceptors (Lipinski definition) is 6. The van der Waals surface area contributed by atoms with E-state index >= 15 is 0 Å². The van der Waals surface area contributed by atoms with E-state index in [1.165, 1.54) is 56.8 Å². The minimum atomic E-state index is -4.89. The fourth-order valence-corrected chi connectivity index (χ4v) is 3.45. The van der Waals surface area contributed by atoms with Crippen molar-refractivity contribution in [3.05, 3.63) is 70.6 Å². The Morgan fingerprint density at radius 3 is 2.43 bits per heavy atom. The van der Waals surface area contributed by atoms with Crippen molar-refractivity contribution < 1.29 is 42.4 Å². The molecule has 0 saturated heterocycles. The van der Waals surface area contributed by atoms with Gasteiger partial charge in [-0.25, -0.2) is 4.79 Å². The van der Waals surface area contributed by atoms with Gasteiger partial charge in [-0.3, -0.25) is 9.59 Å². The second kappa shape index (κ2) is 10.9. The SMILES string of the molecule is COc1cc(-c2cccc(OC(F)(F)F)c2)cc([C@H](CC(=O)O)NC(=O)Nc2c(O)ccn(C)c2=O)c1. The van der Waals surface area contributed by atoms with Crippen molar-refractivity contribution in [2.24, 2.45) is 7.05 Å². The molecule has 2 aromatic carbocycles. The number of ether oxygens (including phenoxy) is 2. The molecule has 4 N–H and O–H groups in total. The molecule has 0 fully saturated rings. The first-order valence-electron chi connectivity index (χ1n) is 10.6. The molecule has 0 aliphatic rings. The van der Waals surface area contributed by atoms with Gasteiger partial charge in [0.15, 0.2) is 5.69 Å². The van der Waals surface area contributed by atoms with E-state index in [1.807, 2.05) is 0 Å². The van der Waals surface area contributed by atoms with Crippen LogP contribution in [-0.4, -0.2) is 40.3 Å². The van der Waals surface area contributed by atoms with Crippen LogP contribution in [0.25, 0.3) is 11.1 Å². The highest BCUT2D eigenvalue weighted by Gasteiger charge is 2.31. The van der Waals surface area contributed by atoms with Crippen molar-refractivity contribution in [3.63, 3.8) is 0 Å². The van der Waals surface area contributed by atoms with Crippen LogP contribution in [0, 0.1) is 0 Å². The zero-order valence-corrected chi connectivity index (χ0v) is 19.5. The van der Waals surface area contributed by atoms with Crippen molar-refractivity contribution in [2.45, 2.75) is 18.8 Å². The molecule has 2 amide bonds. The van der Waals surface area contributed by atoms with Crippen LogP contribution in [0.2, 0.25) is 0 Å².